The van der Waals surface area contributed by atoms with E-state index in [2.05, 4.69) is 20.8 Å². The SMILES string of the molecule is COc1ccc(Cl)cc1Nc1nnc(CNC(C)C)o1. The van der Waals surface area contributed by atoms with Crippen molar-refractivity contribution in [1.82, 2.24) is 15.5 Å². The van der Waals surface area contributed by atoms with Crippen molar-refractivity contribution < 1.29 is 9.15 Å². The standard InChI is InChI=1S/C13H17ClN4O2/c1-8(2)15-7-12-17-18-13(20-12)16-10-6-9(14)4-5-11(10)19-3/h4-6,8,15H,7H2,1-3H3,(H,16,18). The molecule has 0 radical (unpaired) electrons. The van der Waals surface area contributed by atoms with Crippen molar-refractivity contribution in [3.05, 3.63) is 29.1 Å². The summed E-state index contributed by atoms with van der Waals surface area (Å²) >= 11 is 5.96. The Balaban J connectivity index is 2.08. The van der Waals surface area contributed by atoms with Crippen LogP contribution in [0.2, 0.25) is 5.02 Å². The Morgan fingerprint density at radius 2 is 2.15 bits per heavy atom. The van der Waals surface area contributed by atoms with E-state index >= 15 is 0 Å². The number of rotatable bonds is 6. The number of benzene rings is 1. The van der Waals surface area contributed by atoms with Crippen LogP contribution in [0.1, 0.15) is 19.7 Å². The largest absolute Gasteiger partial charge is 0.495 e. The highest BCUT2D eigenvalue weighted by atomic mass is 35.5. The van der Waals surface area contributed by atoms with E-state index in [1.165, 1.54) is 0 Å². The van der Waals surface area contributed by atoms with Gasteiger partial charge in [-0.2, -0.15) is 0 Å². The van der Waals surface area contributed by atoms with Gasteiger partial charge in [0.05, 0.1) is 19.3 Å². The van der Waals surface area contributed by atoms with Gasteiger partial charge < -0.3 is 19.8 Å². The summed E-state index contributed by atoms with van der Waals surface area (Å²) in [7, 11) is 1.58. The van der Waals surface area contributed by atoms with E-state index in [0.29, 0.717) is 41.0 Å². The molecule has 0 spiro atoms. The number of methoxy groups -OCH3 is 1. The number of nitrogens with zero attached hydrogens (tertiary/aromatic N) is 2. The summed E-state index contributed by atoms with van der Waals surface area (Å²) in [5.41, 5.74) is 0.673. The summed E-state index contributed by atoms with van der Waals surface area (Å²) in [6.45, 7) is 4.62. The Kier molecular flexibility index (Phi) is 4.81. The van der Waals surface area contributed by atoms with Crippen molar-refractivity contribution >= 4 is 23.3 Å². The third-order valence-electron chi connectivity index (χ3n) is 2.53. The van der Waals surface area contributed by atoms with Gasteiger partial charge in [0.1, 0.15) is 5.75 Å². The van der Waals surface area contributed by atoms with Gasteiger partial charge in [0.2, 0.25) is 5.89 Å². The molecule has 2 rings (SSSR count). The van der Waals surface area contributed by atoms with Crippen molar-refractivity contribution in [2.24, 2.45) is 0 Å². The second-order valence-electron chi connectivity index (χ2n) is 4.51. The van der Waals surface area contributed by atoms with Gasteiger partial charge in [-0.05, 0) is 18.2 Å². The van der Waals surface area contributed by atoms with Crippen LogP contribution in [0.4, 0.5) is 11.7 Å². The van der Waals surface area contributed by atoms with Gasteiger partial charge in [0.15, 0.2) is 0 Å². The lowest BCUT2D eigenvalue weighted by Gasteiger charge is -2.08. The van der Waals surface area contributed by atoms with Crippen LogP contribution in [0.3, 0.4) is 0 Å². The van der Waals surface area contributed by atoms with Gasteiger partial charge in [0.25, 0.3) is 0 Å². The summed E-state index contributed by atoms with van der Waals surface area (Å²) < 4.78 is 10.7. The van der Waals surface area contributed by atoms with Gasteiger partial charge in [-0.25, -0.2) is 0 Å². The smallest absolute Gasteiger partial charge is 0.320 e. The zero-order valence-electron chi connectivity index (χ0n) is 11.6. The Bertz CT molecular complexity index is 571. The van der Waals surface area contributed by atoms with Crippen molar-refractivity contribution in [3.63, 3.8) is 0 Å². The number of halogens is 1. The number of nitrogens with one attached hydrogen (secondary N) is 2. The van der Waals surface area contributed by atoms with Crippen LogP contribution >= 0.6 is 11.6 Å². The maximum atomic E-state index is 5.96. The Morgan fingerprint density at radius 3 is 2.85 bits per heavy atom. The van der Waals surface area contributed by atoms with E-state index in [1.54, 1.807) is 25.3 Å². The molecule has 0 unspecified atom stereocenters. The van der Waals surface area contributed by atoms with E-state index < -0.39 is 0 Å². The average Bonchev–Trinajstić information content (AvgIpc) is 2.84. The Morgan fingerprint density at radius 1 is 1.35 bits per heavy atom. The van der Waals surface area contributed by atoms with Crippen molar-refractivity contribution in [1.29, 1.82) is 0 Å². The Labute approximate surface area is 122 Å². The molecule has 108 valence electrons. The zero-order valence-corrected chi connectivity index (χ0v) is 12.4. The maximum Gasteiger partial charge on any atom is 0.320 e. The fraction of sp³-hybridized carbons (Fsp3) is 0.385. The lowest BCUT2D eigenvalue weighted by Crippen LogP contribution is -2.21. The van der Waals surface area contributed by atoms with Crippen LogP contribution < -0.4 is 15.4 Å². The molecule has 2 aromatic rings. The van der Waals surface area contributed by atoms with E-state index in [9.17, 15) is 0 Å². The molecular weight excluding hydrogens is 280 g/mol. The van der Waals surface area contributed by atoms with Crippen LogP contribution in [0.15, 0.2) is 22.6 Å². The summed E-state index contributed by atoms with van der Waals surface area (Å²) in [6, 6.07) is 5.90. The molecule has 1 aromatic carbocycles. The summed E-state index contributed by atoms with van der Waals surface area (Å²) in [6.07, 6.45) is 0. The van der Waals surface area contributed by atoms with Gasteiger partial charge in [0, 0.05) is 11.1 Å². The highest BCUT2D eigenvalue weighted by Crippen LogP contribution is 2.29. The number of anilines is 2. The van der Waals surface area contributed by atoms with E-state index in [4.69, 9.17) is 20.8 Å². The van der Waals surface area contributed by atoms with Gasteiger partial charge in [-0.3, -0.25) is 0 Å². The van der Waals surface area contributed by atoms with Crippen molar-refractivity contribution in [2.45, 2.75) is 26.4 Å². The minimum absolute atomic E-state index is 0.297. The van der Waals surface area contributed by atoms with Crippen LogP contribution in [0.5, 0.6) is 5.75 Å². The Hall–Kier alpha value is -1.79. The minimum Gasteiger partial charge on any atom is -0.495 e. The molecule has 0 atom stereocenters. The monoisotopic (exact) mass is 296 g/mol. The molecule has 0 bridgehead atoms. The molecule has 0 aliphatic rings. The van der Waals surface area contributed by atoms with Crippen LogP contribution in [-0.4, -0.2) is 23.3 Å². The molecule has 1 aromatic heterocycles. The molecule has 0 amide bonds. The van der Waals surface area contributed by atoms with Crippen molar-refractivity contribution in [3.8, 4) is 5.75 Å². The molecule has 2 N–H and O–H groups in total. The van der Waals surface area contributed by atoms with Crippen LogP contribution in [0.25, 0.3) is 0 Å². The highest BCUT2D eigenvalue weighted by Gasteiger charge is 2.10. The second-order valence-corrected chi connectivity index (χ2v) is 4.94. The second kappa shape index (κ2) is 6.58. The van der Waals surface area contributed by atoms with Gasteiger partial charge >= 0.3 is 6.01 Å². The fourth-order valence-electron chi connectivity index (χ4n) is 1.56. The number of hydrogen-bond donors (Lipinski definition) is 2. The first-order chi connectivity index (χ1) is 9.58. The highest BCUT2D eigenvalue weighted by molar-refractivity contribution is 6.30. The van der Waals surface area contributed by atoms with Crippen LogP contribution in [-0.2, 0) is 6.54 Å². The first kappa shape index (κ1) is 14.6. The minimum atomic E-state index is 0.297. The van der Waals surface area contributed by atoms with Gasteiger partial charge in [-0.15, -0.1) is 5.10 Å². The lowest BCUT2D eigenvalue weighted by atomic mass is 10.3. The van der Waals surface area contributed by atoms with E-state index in [1.807, 2.05) is 13.8 Å². The molecule has 0 saturated heterocycles. The predicted octanol–water partition coefficient (Wildman–Crippen LogP) is 2.97. The summed E-state index contributed by atoms with van der Waals surface area (Å²) in [5, 5.41) is 14.7. The molecule has 0 saturated carbocycles. The third kappa shape index (κ3) is 3.85. The zero-order chi connectivity index (χ0) is 14.5. The van der Waals surface area contributed by atoms with Gasteiger partial charge in [-0.1, -0.05) is 30.5 Å². The molecule has 1 heterocycles. The fourth-order valence-corrected chi connectivity index (χ4v) is 1.73. The molecule has 0 aliphatic heterocycles. The van der Waals surface area contributed by atoms with E-state index in [0.717, 1.165) is 0 Å². The predicted molar refractivity (Wildman–Crippen MR) is 77.6 cm³/mol. The maximum absolute atomic E-state index is 5.96. The average molecular weight is 297 g/mol. The molecule has 20 heavy (non-hydrogen) atoms. The first-order valence-corrected chi connectivity index (χ1v) is 6.62. The topological polar surface area (TPSA) is 72.2 Å². The van der Waals surface area contributed by atoms with Crippen molar-refractivity contribution in [2.75, 3.05) is 12.4 Å². The quantitative estimate of drug-likeness (QED) is 0.854. The molecule has 6 nitrogen and oxygen atoms in total. The molecular formula is C13H17ClN4O2. The first-order valence-electron chi connectivity index (χ1n) is 6.25. The molecule has 0 aliphatic carbocycles. The van der Waals surface area contributed by atoms with E-state index in [-0.39, 0.29) is 0 Å². The summed E-state index contributed by atoms with van der Waals surface area (Å²) in [5.74, 6) is 1.16. The number of aromatic nitrogens is 2. The number of ether oxygens (including phenoxy) is 1. The third-order valence-corrected chi connectivity index (χ3v) is 2.77. The molecule has 7 heteroatoms. The lowest BCUT2D eigenvalue weighted by molar-refractivity contribution is 0.416. The number of hydrogen-bond acceptors (Lipinski definition) is 6. The van der Waals surface area contributed by atoms with Crippen LogP contribution in [0, 0.1) is 0 Å². The summed E-state index contributed by atoms with van der Waals surface area (Å²) in [4.78, 5) is 0. The normalized spacial score (nSPS) is 10.8. The molecule has 0 fully saturated rings.